The first-order valence-corrected chi connectivity index (χ1v) is 5.35. The van der Waals surface area contributed by atoms with Crippen LogP contribution in [0.1, 0.15) is 19.8 Å². The predicted octanol–water partition coefficient (Wildman–Crippen LogP) is 2.27. The molecule has 0 N–H and O–H groups in total. The van der Waals surface area contributed by atoms with Gasteiger partial charge >= 0.3 is 5.97 Å². The van der Waals surface area contributed by atoms with E-state index < -0.39 is 0 Å². The molecule has 0 fully saturated rings. The second-order valence-electron chi connectivity index (χ2n) is 3.45. The van der Waals surface area contributed by atoms with Crippen LogP contribution in [0.5, 0.6) is 0 Å². The fraction of sp³-hybridized carbons (Fsp3) is 0.583. The van der Waals surface area contributed by atoms with Crippen molar-refractivity contribution in [1.82, 2.24) is 0 Å². The highest BCUT2D eigenvalue weighted by Gasteiger charge is 2.04. The molecule has 4 heteroatoms. The van der Waals surface area contributed by atoms with Crippen molar-refractivity contribution in [2.45, 2.75) is 19.8 Å². The normalized spacial score (nSPS) is 11.8. The maximum absolute atomic E-state index is 10.7. The van der Waals surface area contributed by atoms with Gasteiger partial charge < -0.3 is 4.74 Å². The van der Waals surface area contributed by atoms with Gasteiger partial charge in [0.1, 0.15) is 6.61 Å². The minimum atomic E-state index is -0.377. The Morgan fingerprint density at radius 2 is 1.94 bits per heavy atom. The lowest BCUT2D eigenvalue weighted by atomic mass is 10.1. The van der Waals surface area contributed by atoms with Crippen LogP contribution in [0.25, 0.3) is 0 Å². The molecule has 0 aliphatic rings. The van der Waals surface area contributed by atoms with Crippen molar-refractivity contribution >= 4 is 5.97 Å². The molecule has 1 atom stereocenters. The van der Waals surface area contributed by atoms with Gasteiger partial charge in [-0.15, -0.1) is 6.58 Å². The van der Waals surface area contributed by atoms with Crippen LogP contribution in [0.2, 0.25) is 0 Å². The summed E-state index contributed by atoms with van der Waals surface area (Å²) in [5, 5.41) is 0. The second-order valence-corrected chi connectivity index (χ2v) is 3.45. The van der Waals surface area contributed by atoms with E-state index in [1.165, 1.54) is 0 Å². The van der Waals surface area contributed by atoms with Crippen molar-refractivity contribution in [2.75, 3.05) is 19.8 Å². The Morgan fingerprint density at radius 3 is 2.56 bits per heavy atom. The molecule has 0 radical (unpaired) electrons. The fourth-order valence-electron chi connectivity index (χ4n) is 0.968. The topological polar surface area (TPSA) is 44.8 Å². The zero-order valence-corrected chi connectivity index (χ0v) is 9.81. The van der Waals surface area contributed by atoms with Gasteiger partial charge in [-0.05, 0) is 18.8 Å². The molecule has 0 spiro atoms. The zero-order valence-electron chi connectivity index (χ0n) is 9.81. The van der Waals surface area contributed by atoms with E-state index >= 15 is 0 Å². The van der Waals surface area contributed by atoms with E-state index in [4.69, 9.17) is 14.5 Å². The number of carbonyl (C=O) groups excluding carboxylic acids is 1. The lowest BCUT2D eigenvalue weighted by molar-refractivity contribution is -0.287. The average Bonchev–Trinajstić information content (AvgIpc) is 2.28. The van der Waals surface area contributed by atoms with E-state index in [1.807, 2.05) is 0 Å². The number of rotatable bonds is 10. The highest BCUT2D eigenvalue weighted by Crippen LogP contribution is 2.07. The van der Waals surface area contributed by atoms with Gasteiger partial charge in [0.25, 0.3) is 0 Å². The summed E-state index contributed by atoms with van der Waals surface area (Å²) in [5.74, 6) is 0.0442. The molecular weight excluding hydrogens is 208 g/mol. The molecule has 0 bridgehead atoms. The Bertz CT molecular complexity index is 213. The van der Waals surface area contributed by atoms with Gasteiger partial charge in [0.05, 0.1) is 13.2 Å². The van der Waals surface area contributed by atoms with Crippen LogP contribution >= 0.6 is 0 Å². The lowest BCUT2D eigenvalue weighted by Gasteiger charge is -2.10. The monoisotopic (exact) mass is 228 g/mol. The highest BCUT2D eigenvalue weighted by atomic mass is 17.2. The summed E-state index contributed by atoms with van der Waals surface area (Å²) in [6, 6.07) is 0. The van der Waals surface area contributed by atoms with Gasteiger partial charge in [-0.1, -0.05) is 19.6 Å². The summed E-state index contributed by atoms with van der Waals surface area (Å²) in [4.78, 5) is 20.4. The first-order chi connectivity index (χ1) is 7.70. The molecule has 92 valence electrons. The van der Waals surface area contributed by atoms with Crippen LogP contribution in [0.3, 0.4) is 0 Å². The van der Waals surface area contributed by atoms with E-state index in [2.05, 4.69) is 20.1 Å². The fourth-order valence-corrected chi connectivity index (χ4v) is 0.968. The molecule has 16 heavy (non-hydrogen) atoms. The third-order valence-corrected chi connectivity index (χ3v) is 1.98. The number of ether oxygens (including phenoxy) is 1. The van der Waals surface area contributed by atoms with Crippen LogP contribution in [-0.4, -0.2) is 25.8 Å². The minimum Gasteiger partial charge on any atom is -0.463 e. The molecule has 0 aromatic rings. The van der Waals surface area contributed by atoms with Gasteiger partial charge in [-0.3, -0.25) is 0 Å². The van der Waals surface area contributed by atoms with E-state index in [0.29, 0.717) is 25.7 Å². The Balaban J connectivity index is 3.30. The largest absolute Gasteiger partial charge is 0.463 e. The summed E-state index contributed by atoms with van der Waals surface area (Å²) in [6.07, 6.45) is 4.46. The van der Waals surface area contributed by atoms with E-state index in [9.17, 15) is 4.79 Å². The first-order valence-electron chi connectivity index (χ1n) is 5.35. The number of hydrogen-bond acceptors (Lipinski definition) is 4. The maximum Gasteiger partial charge on any atom is 0.330 e. The third kappa shape index (κ3) is 9.43. The molecule has 0 saturated carbocycles. The Hall–Kier alpha value is -1.13. The summed E-state index contributed by atoms with van der Waals surface area (Å²) in [5.41, 5.74) is 0. The second kappa shape index (κ2) is 10.4. The Kier molecular flexibility index (Phi) is 9.66. The predicted molar refractivity (Wildman–Crippen MR) is 61.7 cm³/mol. The van der Waals surface area contributed by atoms with Crippen LogP contribution in [0.4, 0.5) is 0 Å². The molecule has 1 unspecified atom stereocenters. The van der Waals surface area contributed by atoms with Gasteiger partial charge in [-0.2, -0.15) is 0 Å². The first kappa shape index (κ1) is 14.9. The quantitative estimate of drug-likeness (QED) is 0.144. The Morgan fingerprint density at radius 1 is 1.25 bits per heavy atom. The summed E-state index contributed by atoms with van der Waals surface area (Å²) >= 11 is 0. The molecule has 0 aliphatic heterocycles. The molecule has 0 aliphatic carbocycles. The van der Waals surface area contributed by atoms with Crippen LogP contribution in [0.15, 0.2) is 25.3 Å². The molecule has 0 aromatic heterocycles. The van der Waals surface area contributed by atoms with Crippen molar-refractivity contribution in [3.63, 3.8) is 0 Å². The van der Waals surface area contributed by atoms with Gasteiger partial charge in [-0.25, -0.2) is 14.6 Å². The summed E-state index contributed by atoms with van der Waals surface area (Å²) in [6.45, 7) is 10.2. The molecule has 0 aromatic carbocycles. The highest BCUT2D eigenvalue weighted by molar-refractivity contribution is 5.81. The summed E-state index contributed by atoms with van der Waals surface area (Å²) in [7, 11) is 0. The molecule has 0 heterocycles. The van der Waals surface area contributed by atoms with Gasteiger partial charge in [0.2, 0.25) is 0 Å². The number of esters is 1. The molecule has 0 amide bonds. The average molecular weight is 228 g/mol. The van der Waals surface area contributed by atoms with Crippen LogP contribution in [-0.2, 0) is 19.3 Å². The third-order valence-electron chi connectivity index (χ3n) is 1.98. The van der Waals surface area contributed by atoms with E-state index in [-0.39, 0.29) is 5.97 Å². The van der Waals surface area contributed by atoms with E-state index in [1.54, 1.807) is 6.08 Å². The van der Waals surface area contributed by atoms with Crippen molar-refractivity contribution < 1.29 is 19.3 Å². The van der Waals surface area contributed by atoms with Crippen molar-refractivity contribution in [1.29, 1.82) is 0 Å². The van der Waals surface area contributed by atoms with Crippen LogP contribution < -0.4 is 0 Å². The minimum absolute atomic E-state index is 0.377. The molecule has 0 rings (SSSR count). The number of hydrogen-bond donors (Lipinski definition) is 0. The van der Waals surface area contributed by atoms with Gasteiger partial charge in [0.15, 0.2) is 0 Å². The van der Waals surface area contributed by atoms with Crippen molar-refractivity contribution in [3.05, 3.63) is 25.3 Å². The standard InChI is InChI=1S/C12H20O4/c1-4-8-15-16-10-7-11(3)6-9-14-12(13)5-2/h4-5,11H,1-2,6-10H2,3H3. The van der Waals surface area contributed by atoms with Crippen molar-refractivity contribution in [3.8, 4) is 0 Å². The van der Waals surface area contributed by atoms with Crippen molar-refractivity contribution in [2.24, 2.45) is 5.92 Å². The molecule has 4 nitrogen and oxygen atoms in total. The zero-order chi connectivity index (χ0) is 12.2. The van der Waals surface area contributed by atoms with E-state index in [0.717, 1.165) is 18.9 Å². The Labute approximate surface area is 96.8 Å². The maximum atomic E-state index is 10.7. The molecule has 0 saturated heterocycles. The van der Waals surface area contributed by atoms with Gasteiger partial charge in [0, 0.05) is 6.08 Å². The lowest BCUT2D eigenvalue weighted by Crippen LogP contribution is -2.08. The number of carbonyl (C=O) groups is 1. The molecular formula is C12H20O4. The smallest absolute Gasteiger partial charge is 0.330 e. The summed E-state index contributed by atoms with van der Waals surface area (Å²) < 4.78 is 4.86. The van der Waals surface area contributed by atoms with Crippen LogP contribution in [0, 0.1) is 5.92 Å². The SMILES string of the molecule is C=CCOOCCC(C)CCOC(=O)C=C.